The Bertz CT molecular complexity index is 853. The van der Waals surface area contributed by atoms with E-state index in [0.29, 0.717) is 24.8 Å². The Labute approximate surface area is 170 Å². The molecule has 2 aliphatic rings. The van der Waals surface area contributed by atoms with Crippen molar-refractivity contribution >= 4 is 23.4 Å². The van der Waals surface area contributed by atoms with Gasteiger partial charge < -0.3 is 20.3 Å². The Morgan fingerprint density at radius 3 is 2.90 bits per heavy atom. The van der Waals surface area contributed by atoms with Crippen molar-refractivity contribution in [3.05, 3.63) is 24.7 Å². The second-order valence-electron chi connectivity index (χ2n) is 8.09. The van der Waals surface area contributed by atoms with Crippen LogP contribution in [-0.4, -0.2) is 57.0 Å². The number of nitrogens with zero attached hydrogens (tertiary/aromatic N) is 5. The van der Waals surface area contributed by atoms with E-state index < -0.39 is 0 Å². The number of aryl methyl sites for hydroxylation is 1. The predicted octanol–water partition coefficient (Wildman–Crippen LogP) is 2.04. The fourth-order valence-corrected chi connectivity index (χ4v) is 4.09. The van der Waals surface area contributed by atoms with Crippen LogP contribution < -0.4 is 15.5 Å². The molecule has 0 radical (unpaired) electrons. The van der Waals surface area contributed by atoms with Crippen LogP contribution in [0.4, 0.5) is 17.5 Å². The molecule has 0 aliphatic carbocycles. The molecule has 4 rings (SSSR count). The Balaban J connectivity index is 1.41. The largest absolute Gasteiger partial charge is 0.376 e. The van der Waals surface area contributed by atoms with Crippen LogP contribution in [0.5, 0.6) is 0 Å². The molecule has 9 heteroatoms. The standard InChI is InChI=1S/C20H29N7O2/c1-13(2)18-15(5-4-10-29-18)23-17-6-8-21-20(25-17)24-16-7-9-27(19(16)28)14-11-22-26(3)12-14/h6,8,11-13,15-16,18H,4-5,7,9-10H2,1-3H3,(H2,21,23,24,25)/t15-,16+,18+/m1/s1. The van der Waals surface area contributed by atoms with Crippen LogP contribution in [0.25, 0.3) is 0 Å². The first-order valence-corrected chi connectivity index (χ1v) is 10.3. The summed E-state index contributed by atoms with van der Waals surface area (Å²) in [5, 5.41) is 10.8. The zero-order valence-electron chi connectivity index (χ0n) is 17.2. The molecule has 2 fully saturated rings. The average molecular weight is 399 g/mol. The molecule has 0 aromatic carbocycles. The maximum absolute atomic E-state index is 12.8. The summed E-state index contributed by atoms with van der Waals surface area (Å²) in [5.74, 6) is 1.65. The zero-order valence-corrected chi connectivity index (χ0v) is 17.2. The molecule has 2 aliphatic heterocycles. The second-order valence-corrected chi connectivity index (χ2v) is 8.09. The molecule has 2 aromatic rings. The molecule has 1 amide bonds. The normalized spacial score (nSPS) is 24.9. The molecule has 2 aromatic heterocycles. The van der Waals surface area contributed by atoms with Gasteiger partial charge in [0.2, 0.25) is 11.9 Å². The van der Waals surface area contributed by atoms with Crippen LogP contribution in [0.3, 0.4) is 0 Å². The quantitative estimate of drug-likeness (QED) is 0.767. The average Bonchev–Trinajstić information content (AvgIpc) is 3.28. The van der Waals surface area contributed by atoms with Crippen molar-refractivity contribution in [2.24, 2.45) is 13.0 Å². The maximum atomic E-state index is 12.8. The third-order valence-electron chi connectivity index (χ3n) is 5.52. The van der Waals surface area contributed by atoms with Gasteiger partial charge in [-0.1, -0.05) is 13.8 Å². The molecule has 4 heterocycles. The van der Waals surface area contributed by atoms with Crippen LogP contribution >= 0.6 is 0 Å². The highest BCUT2D eigenvalue weighted by atomic mass is 16.5. The van der Waals surface area contributed by atoms with Gasteiger partial charge in [0.05, 0.1) is 24.0 Å². The predicted molar refractivity (Wildman–Crippen MR) is 111 cm³/mol. The summed E-state index contributed by atoms with van der Waals surface area (Å²) in [6.45, 7) is 5.82. The number of rotatable bonds is 6. The van der Waals surface area contributed by atoms with Gasteiger partial charge in [0, 0.05) is 32.6 Å². The number of anilines is 3. The smallest absolute Gasteiger partial charge is 0.249 e. The highest BCUT2D eigenvalue weighted by Gasteiger charge is 2.34. The molecule has 0 spiro atoms. The number of ether oxygens (including phenoxy) is 1. The van der Waals surface area contributed by atoms with Crippen molar-refractivity contribution in [3.63, 3.8) is 0 Å². The highest BCUT2D eigenvalue weighted by molar-refractivity contribution is 6.00. The van der Waals surface area contributed by atoms with E-state index in [1.807, 2.05) is 19.3 Å². The SMILES string of the molecule is CC(C)[C@@H]1OCCC[C@H]1Nc1ccnc(N[C@H]2CCN(c3cnn(C)c3)C2=O)n1. The summed E-state index contributed by atoms with van der Waals surface area (Å²) in [5.41, 5.74) is 0.815. The minimum Gasteiger partial charge on any atom is -0.376 e. The molecule has 156 valence electrons. The van der Waals surface area contributed by atoms with Gasteiger partial charge in [-0.15, -0.1) is 0 Å². The lowest BCUT2D eigenvalue weighted by Gasteiger charge is -2.35. The van der Waals surface area contributed by atoms with Crippen molar-refractivity contribution < 1.29 is 9.53 Å². The Morgan fingerprint density at radius 1 is 1.28 bits per heavy atom. The molecule has 9 nitrogen and oxygen atoms in total. The van der Waals surface area contributed by atoms with Crippen LogP contribution in [0, 0.1) is 5.92 Å². The van der Waals surface area contributed by atoms with Crippen molar-refractivity contribution in [2.75, 3.05) is 28.7 Å². The van der Waals surface area contributed by atoms with E-state index in [9.17, 15) is 4.79 Å². The van der Waals surface area contributed by atoms with E-state index in [1.54, 1.807) is 22.0 Å². The van der Waals surface area contributed by atoms with E-state index >= 15 is 0 Å². The highest BCUT2D eigenvalue weighted by Crippen LogP contribution is 2.25. The van der Waals surface area contributed by atoms with Gasteiger partial charge in [-0.05, 0) is 31.2 Å². The van der Waals surface area contributed by atoms with E-state index in [4.69, 9.17) is 4.74 Å². The lowest BCUT2D eigenvalue weighted by atomic mass is 9.94. The summed E-state index contributed by atoms with van der Waals surface area (Å²) < 4.78 is 7.65. The van der Waals surface area contributed by atoms with Gasteiger partial charge in [0.25, 0.3) is 0 Å². The first kappa shape index (κ1) is 19.6. The van der Waals surface area contributed by atoms with Gasteiger partial charge >= 0.3 is 0 Å². The number of carbonyl (C=O) groups is 1. The van der Waals surface area contributed by atoms with Crippen molar-refractivity contribution in [1.29, 1.82) is 0 Å². The van der Waals surface area contributed by atoms with Crippen molar-refractivity contribution in [3.8, 4) is 0 Å². The van der Waals surface area contributed by atoms with E-state index in [1.165, 1.54) is 0 Å². The maximum Gasteiger partial charge on any atom is 0.249 e. The summed E-state index contributed by atoms with van der Waals surface area (Å²) >= 11 is 0. The van der Waals surface area contributed by atoms with Crippen molar-refractivity contribution in [2.45, 2.75) is 51.3 Å². The number of hydrogen-bond acceptors (Lipinski definition) is 7. The molecule has 0 unspecified atom stereocenters. The minimum atomic E-state index is -0.341. The third kappa shape index (κ3) is 4.34. The number of amides is 1. The number of aromatic nitrogens is 4. The van der Waals surface area contributed by atoms with E-state index in [0.717, 1.165) is 31.0 Å². The first-order valence-electron chi connectivity index (χ1n) is 10.3. The second kappa shape index (κ2) is 8.36. The van der Waals surface area contributed by atoms with Crippen molar-refractivity contribution in [1.82, 2.24) is 19.7 Å². The molecule has 0 bridgehead atoms. The molecule has 2 N–H and O–H groups in total. The minimum absolute atomic E-state index is 0.0144. The van der Waals surface area contributed by atoms with Crippen LogP contribution in [-0.2, 0) is 16.6 Å². The number of carbonyl (C=O) groups excluding carboxylic acids is 1. The molecule has 2 saturated heterocycles. The molecular weight excluding hydrogens is 370 g/mol. The lowest BCUT2D eigenvalue weighted by Crippen LogP contribution is -2.43. The number of nitrogens with one attached hydrogen (secondary N) is 2. The Kier molecular flexibility index (Phi) is 5.66. The van der Waals surface area contributed by atoms with E-state index in [-0.39, 0.29) is 24.1 Å². The summed E-state index contributed by atoms with van der Waals surface area (Å²) in [6.07, 6.45) is 8.22. The molecule has 0 saturated carbocycles. The number of hydrogen-bond donors (Lipinski definition) is 2. The zero-order chi connectivity index (χ0) is 20.4. The van der Waals surface area contributed by atoms with Gasteiger partial charge in [0.1, 0.15) is 11.9 Å². The van der Waals surface area contributed by atoms with Crippen LogP contribution in [0.15, 0.2) is 24.7 Å². The van der Waals surface area contributed by atoms with Crippen LogP contribution in [0.1, 0.15) is 33.1 Å². The fraction of sp³-hybridized carbons (Fsp3) is 0.600. The third-order valence-corrected chi connectivity index (χ3v) is 5.52. The Morgan fingerprint density at radius 2 is 2.14 bits per heavy atom. The molecule has 3 atom stereocenters. The molecular formula is C20H29N7O2. The summed E-state index contributed by atoms with van der Waals surface area (Å²) in [7, 11) is 1.84. The van der Waals surface area contributed by atoms with Gasteiger partial charge in [-0.25, -0.2) is 4.98 Å². The molecule has 29 heavy (non-hydrogen) atoms. The Hall–Kier alpha value is -2.68. The van der Waals surface area contributed by atoms with Crippen LogP contribution in [0.2, 0.25) is 0 Å². The topological polar surface area (TPSA) is 97.2 Å². The van der Waals surface area contributed by atoms with E-state index in [2.05, 4.69) is 39.5 Å². The lowest BCUT2D eigenvalue weighted by molar-refractivity contribution is -0.117. The van der Waals surface area contributed by atoms with Gasteiger partial charge in [-0.3, -0.25) is 9.48 Å². The fourth-order valence-electron chi connectivity index (χ4n) is 4.09. The summed E-state index contributed by atoms with van der Waals surface area (Å²) in [6, 6.07) is 1.74. The van der Waals surface area contributed by atoms with Gasteiger partial charge in [-0.2, -0.15) is 10.1 Å². The van der Waals surface area contributed by atoms with Gasteiger partial charge in [0.15, 0.2) is 0 Å². The summed E-state index contributed by atoms with van der Waals surface area (Å²) in [4.78, 5) is 23.4. The monoisotopic (exact) mass is 399 g/mol. The first-order chi connectivity index (χ1) is 14.0.